The van der Waals surface area contributed by atoms with Gasteiger partial charge in [-0.15, -0.1) is 0 Å². The molecule has 0 aliphatic heterocycles. The molecule has 0 saturated heterocycles. The number of hydrogen-bond donors (Lipinski definition) is 0. The van der Waals surface area contributed by atoms with Gasteiger partial charge in [-0.25, -0.2) is 0 Å². The highest BCUT2D eigenvalue weighted by molar-refractivity contribution is 5.81. The summed E-state index contributed by atoms with van der Waals surface area (Å²) >= 11 is 0. The molecule has 1 saturated carbocycles. The van der Waals surface area contributed by atoms with Gasteiger partial charge >= 0.3 is 0 Å². The van der Waals surface area contributed by atoms with Crippen molar-refractivity contribution < 1.29 is 4.79 Å². The van der Waals surface area contributed by atoms with E-state index in [0.717, 1.165) is 25.2 Å². The molecule has 1 heteroatoms. The quantitative estimate of drug-likeness (QED) is 0.546. The standard InChI is InChI=1S/C9H16O/c1-3-8-4-5-9(10)7(2)6-8/h7-8H,3-6H2,1-2H3. The van der Waals surface area contributed by atoms with Crippen LogP contribution >= 0.6 is 0 Å². The minimum Gasteiger partial charge on any atom is -0.299 e. The number of hydrogen-bond acceptors (Lipinski definition) is 1. The van der Waals surface area contributed by atoms with Crippen molar-refractivity contribution >= 4 is 5.78 Å². The number of ketones is 1. The van der Waals surface area contributed by atoms with Gasteiger partial charge in [-0.05, 0) is 18.8 Å². The van der Waals surface area contributed by atoms with Crippen LogP contribution in [0.15, 0.2) is 0 Å². The second-order valence-corrected chi connectivity index (χ2v) is 3.42. The summed E-state index contributed by atoms with van der Waals surface area (Å²) in [6, 6.07) is 0. The minimum absolute atomic E-state index is 0.346. The third kappa shape index (κ3) is 1.59. The van der Waals surface area contributed by atoms with E-state index in [0.29, 0.717) is 11.7 Å². The van der Waals surface area contributed by atoms with Crippen LogP contribution in [0.3, 0.4) is 0 Å². The summed E-state index contributed by atoms with van der Waals surface area (Å²) in [6.45, 7) is 4.28. The Kier molecular flexibility index (Phi) is 2.47. The van der Waals surface area contributed by atoms with Crippen molar-refractivity contribution in [2.45, 2.75) is 39.5 Å². The molecule has 0 radical (unpaired) electrons. The maximum absolute atomic E-state index is 11.1. The van der Waals surface area contributed by atoms with E-state index < -0.39 is 0 Å². The Balaban J connectivity index is 2.40. The lowest BCUT2D eigenvalue weighted by Gasteiger charge is -2.24. The zero-order valence-corrected chi connectivity index (χ0v) is 6.89. The largest absolute Gasteiger partial charge is 0.299 e. The van der Waals surface area contributed by atoms with Gasteiger partial charge in [0.2, 0.25) is 0 Å². The molecule has 10 heavy (non-hydrogen) atoms. The second kappa shape index (κ2) is 3.18. The van der Waals surface area contributed by atoms with Crippen molar-refractivity contribution in [1.29, 1.82) is 0 Å². The smallest absolute Gasteiger partial charge is 0.135 e. The molecule has 0 aromatic heterocycles. The van der Waals surface area contributed by atoms with Crippen molar-refractivity contribution in [3.8, 4) is 0 Å². The van der Waals surface area contributed by atoms with E-state index in [1.54, 1.807) is 0 Å². The van der Waals surface area contributed by atoms with E-state index in [1.807, 2.05) is 0 Å². The summed E-state index contributed by atoms with van der Waals surface area (Å²) < 4.78 is 0. The normalized spacial score (nSPS) is 34.4. The molecule has 0 aromatic carbocycles. The van der Waals surface area contributed by atoms with E-state index in [2.05, 4.69) is 13.8 Å². The molecule has 1 aliphatic rings. The van der Waals surface area contributed by atoms with Crippen LogP contribution in [0.25, 0.3) is 0 Å². The van der Waals surface area contributed by atoms with Crippen LogP contribution in [0.5, 0.6) is 0 Å². The van der Waals surface area contributed by atoms with Gasteiger partial charge in [-0.1, -0.05) is 20.3 Å². The van der Waals surface area contributed by atoms with Crippen LogP contribution in [0.4, 0.5) is 0 Å². The molecule has 2 atom stereocenters. The highest BCUT2D eigenvalue weighted by Crippen LogP contribution is 2.27. The highest BCUT2D eigenvalue weighted by atomic mass is 16.1. The Labute approximate surface area is 62.8 Å². The maximum Gasteiger partial charge on any atom is 0.135 e. The molecule has 1 rings (SSSR count). The number of carbonyl (C=O) groups excluding carboxylic acids is 1. The zero-order valence-electron chi connectivity index (χ0n) is 6.89. The van der Waals surface area contributed by atoms with Gasteiger partial charge in [0.05, 0.1) is 0 Å². The molecular weight excluding hydrogens is 124 g/mol. The first-order valence-corrected chi connectivity index (χ1v) is 4.26. The van der Waals surface area contributed by atoms with E-state index in [9.17, 15) is 4.79 Å². The molecule has 0 spiro atoms. The van der Waals surface area contributed by atoms with Crippen LogP contribution in [0.1, 0.15) is 39.5 Å². The third-order valence-corrected chi connectivity index (χ3v) is 2.61. The molecule has 58 valence electrons. The molecule has 2 unspecified atom stereocenters. The Hall–Kier alpha value is -0.330. The lowest BCUT2D eigenvalue weighted by Crippen LogP contribution is -2.21. The molecule has 1 fully saturated rings. The van der Waals surface area contributed by atoms with Gasteiger partial charge in [-0.3, -0.25) is 4.79 Å². The second-order valence-electron chi connectivity index (χ2n) is 3.42. The monoisotopic (exact) mass is 140 g/mol. The van der Waals surface area contributed by atoms with Crippen LogP contribution in [-0.2, 0) is 4.79 Å². The molecule has 0 heterocycles. The fourth-order valence-electron chi connectivity index (χ4n) is 1.71. The van der Waals surface area contributed by atoms with Gasteiger partial charge in [0.1, 0.15) is 5.78 Å². The lowest BCUT2D eigenvalue weighted by molar-refractivity contribution is -0.124. The number of carbonyl (C=O) groups is 1. The Morgan fingerprint density at radius 1 is 1.60 bits per heavy atom. The topological polar surface area (TPSA) is 17.1 Å². The van der Waals surface area contributed by atoms with Crippen molar-refractivity contribution in [1.82, 2.24) is 0 Å². The third-order valence-electron chi connectivity index (χ3n) is 2.61. The predicted octanol–water partition coefficient (Wildman–Crippen LogP) is 2.40. The predicted molar refractivity (Wildman–Crippen MR) is 41.8 cm³/mol. The minimum atomic E-state index is 0.346. The molecule has 0 bridgehead atoms. The summed E-state index contributed by atoms with van der Waals surface area (Å²) in [7, 11) is 0. The summed E-state index contributed by atoms with van der Waals surface area (Å²) in [6.07, 6.45) is 4.35. The zero-order chi connectivity index (χ0) is 7.56. The highest BCUT2D eigenvalue weighted by Gasteiger charge is 2.23. The van der Waals surface area contributed by atoms with Gasteiger partial charge in [0.25, 0.3) is 0 Å². The Morgan fingerprint density at radius 3 is 2.80 bits per heavy atom. The summed E-state index contributed by atoms with van der Waals surface area (Å²) in [5, 5.41) is 0. The van der Waals surface area contributed by atoms with E-state index >= 15 is 0 Å². The molecular formula is C9H16O. The van der Waals surface area contributed by atoms with Crippen molar-refractivity contribution in [3.63, 3.8) is 0 Å². The molecule has 0 aromatic rings. The Morgan fingerprint density at radius 2 is 2.30 bits per heavy atom. The number of Topliss-reactive ketones (excluding diaryl/α,β-unsaturated/α-hetero) is 1. The first kappa shape index (κ1) is 7.77. The van der Waals surface area contributed by atoms with E-state index in [4.69, 9.17) is 0 Å². The van der Waals surface area contributed by atoms with E-state index in [1.165, 1.54) is 6.42 Å². The molecule has 1 nitrogen and oxygen atoms in total. The van der Waals surface area contributed by atoms with Crippen LogP contribution in [-0.4, -0.2) is 5.78 Å². The van der Waals surface area contributed by atoms with Crippen molar-refractivity contribution in [3.05, 3.63) is 0 Å². The van der Waals surface area contributed by atoms with Gasteiger partial charge in [0.15, 0.2) is 0 Å². The first-order chi connectivity index (χ1) is 4.74. The van der Waals surface area contributed by atoms with Gasteiger partial charge < -0.3 is 0 Å². The average Bonchev–Trinajstić information content (AvgIpc) is 1.95. The SMILES string of the molecule is CCC1CCC(=O)C(C)C1. The summed E-state index contributed by atoms with van der Waals surface area (Å²) in [5.74, 6) is 1.65. The maximum atomic E-state index is 11.1. The fourth-order valence-corrected chi connectivity index (χ4v) is 1.71. The van der Waals surface area contributed by atoms with Crippen molar-refractivity contribution in [2.75, 3.05) is 0 Å². The fraction of sp³-hybridized carbons (Fsp3) is 0.889. The average molecular weight is 140 g/mol. The molecule has 0 amide bonds. The molecule has 0 N–H and O–H groups in total. The summed E-state index contributed by atoms with van der Waals surface area (Å²) in [4.78, 5) is 11.1. The molecule has 1 aliphatic carbocycles. The lowest BCUT2D eigenvalue weighted by atomic mass is 9.80. The van der Waals surface area contributed by atoms with Crippen LogP contribution < -0.4 is 0 Å². The van der Waals surface area contributed by atoms with Crippen molar-refractivity contribution in [2.24, 2.45) is 11.8 Å². The summed E-state index contributed by atoms with van der Waals surface area (Å²) in [5.41, 5.74) is 0. The van der Waals surface area contributed by atoms with E-state index in [-0.39, 0.29) is 0 Å². The Bertz CT molecular complexity index is 129. The number of rotatable bonds is 1. The van der Waals surface area contributed by atoms with Gasteiger partial charge in [0, 0.05) is 12.3 Å². The van der Waals surface area contributed by atoms with Crippen LogP contribution in [0, 0.1) is 11.8 Å². The van der Waals surface area contributed by atoms with Crippen LogP contribution in [0.2, 0.25) is 0 Å². The van der Waals surface area contributed by atoms with Gasteiger partial charge in [-0.2, -0.15) is 0 Å². The first-order valence-electron chi connectivity index (χ1n) is 4.26.